The van der Waals surface area contributed by atoms with Gasteiger partial charge >= 0.3 is 0 Å². The third-order valence-electron chi connectivity index (χ3n) is 4.31. The number of aryl methyl sites for hydroxylation is 1. The number of aromatic nitrogens is 2. The Morgan fingerprint density at radius 1 is 0.963 bits per heavy atom. The lowest BCUT2D eigenvalue weighted by atomic mass is 10.0. The van der Waals surface area contributed by atoms with E-state index in [9.17, 15) is 0 Å². The van der Waals surface area contributed by atoms with E-state index in [1.165, 1.54) is 0 Å². The van der Waals surface area contributed by atoms with E-state index in [0.29, 0.717) is 40.0 Å². The van der Waals surface area contributed by atoms with Gasteiger partial charge in [-0.2, -0.15) is 0 Å². The topological polar surface area (TPSA) is 125 Å². The van der Waals surface area contributed by atoms with Crippen LogP contribution in [0.25, 0.3) is 11.3 Å². The van der Waals surface area contributed by atoms with E-state index in [0.717, 1.165) is 24.1 Å². The van der Waals surface area contributed by atoms with Crippen LogP contribution in [-0.2, 0) is 6.42 Å². The second kappa shape index (κ2) is 6.60. The normalized spacial score (nSPS) is 12.4. The highest BCUT2D eigenvalue weighted by Gasteiger charge is 2.20. The lowest BCUT2D eigenvalue weighted by Crippen LogP contribution is -2.15. The predicted molar refractivity (Wildman–Crippen MR) is 107 cm³/mol. The maximum absolute atomic E-state index is 6.29. The van der Waals surface area contributed by atoms with Gasteiger partial charge in [0.25, 0.3) is 0 Å². The molecule has 0 bridgehead atoms. The Labute approximate surface area is 156 Å². The summed E-state index contributed by atoms with van der Waals surface area (Å²) in [6, 6.07) is 13.0. The minimum Gasteiger partial charge on any atom is -0.454 e. The molecule has 4 rings (SSSR count). The molecule has 0 atom stereocenters. The van der Waals surface area contributed by atoms with Gasteiger partial charge in [0.05, 0.1) is 11.3 Å². The maximum Gasteiger partial charge on any atom is 0.220 e. The van der Waals surface area contributed by atoms with Crippen molar-refractivity contribution in [3.8, 4) is 22.8 Å². The van der Waals surface area contributed by atoms with Crippen LogP contribution in [0.15, 0.2) is 47.5 Å². The predicted octanol–water partition coefficient (Wildman–Crippen LogP) is 3.40. The van der Waals surface area contributed by atoms with Gasteiger partial charge in [0, 0.05) is 16.9 Å². The molecule has 2 aromatic carbocycles. The number of fused-ring (bicyclic) bond motifs is 2. The summed E-state index contributed by atoms with van der Waals surface area (Å²) in [6.07, 6.45) is 1.79. The van der Waals surface area contributed by atoms with E-state index in [2.05, 4.69) is 21.9 Å². The largest absolute Gasteiger partial charge is 0.454 e. The number of aliphatic imine (C=N–C) groups is 1. The van der Waals surface area contributed by atoms with Crippen LogP contribution in [0.5, 0.6) is 11.5 Å². The smallest absolute Gasteiger partial charge is 0.220 e. The zero-order valence-electron chi connectivity index (χ0n) is 14.9. The standard InChI is InChI=1S/C20H20N6O/c1-2-5-12-10-15(26-20(23)24-12)11-8-13(21)18-17(9-11)27-16-7-4-3-6-14(16)25-19(18)22/h3-4,6-10H,2,5,21H2,1H3,(H2,22,25)(H2,23,24,26). The Hall–Kier alpha value is -3.61. The van der Waals surface area contributed by atoms with Crippen molar-refractivity contribution in [2.24, 2.45) is 10.7 Å². The fourth-order valence-corrected chi connectivity index (χ4v) is 3.13. The minimum absolute atomic E-state index is 0.233. The molecule has 1 aliphatic rings. The zero-order valence-corrected chi connectivity index (χ0v) is 14.9. The second-order valence-electron chi connectivity index (χ2n) is 6.36. The third-order valence-corrected chi connectivity index (χ3v) is 4.31. The number of hydrogen-bond donors (Lipinski definition) is 3. The number of nitrogen functional groups attached to an aromatic ring is 2. The van der Waals surface area contributed by atoms with Crippen LogP contribution in [-0.4, -0.2) is 15.8 Å². The van der Waals surface area contributed by atoms with Gasteiger partial charge in [-0.1, -0.05) is 25.5 Å². The van der Waals surface area contributed by atoms with E-state index in [1.807, 2.05) is 36.4 Å². The van der Waals surface area contributed by atoms with Crippen molar-refractivity contribution in [3.63, 3.8) is 0 Å². The first-order valence-electron chi connectivity index (χ1n) is 8.74. The van der Waals surface area contributed by atoms with Crippen LogP contribution in [0.2, 0.25) is 0 Å². The first-order chi connectivity index (χ1) is 13.0. The molecule has 0 radical (unpaired) electrons. The number of nitrogens with zero attached hydrogens (tertiary/aromatic N) is 3. The van der Waals surface area contributed by atoms with Gasteiger partial charge in [-0.05, 0) is 36.8 Å². The minimum atomic E-state index is 0.233. The summed E-state index contributed by atoms with van der Waals surface area (Å²) >= 11 is 0. The van der Waals surface area contributed by atoms with E-state index in [4.69, 9.17) is 21.9 Å². The monoisotopic (exact) mass is 360 g/mol. The molecule has 0 unspecified atom stereocenters. The molecule has 0 amide bonds. The number of nitrogens with two attached hydrogens (primary N) is 3. The Morgan fingerprint density at radius 3 is 2.59 bits per heavy atom. The summed E-state index contributed by atoms with van der Waals surface area (Å²) in [5.41, 5.74) is 22.4. The van der Waals surface area contributed by atoms with Crippen LogP contribution in [0.1, 0.15) is 24.6 Å². The van der Waals surface area contributed by atoms with Crippen LogP contribution < -0.4 is 21.9 Å². The Balaban J connectivity index is 1.86. The van der Waals surface area contributed by atoms with Crippen molar-refractivity contribution < 1.29 is 4.74 Å². The van der Waals surface area contributed by atoms with Crippen LogP contribution in [0, 0.1) is 0 Å². The van der Waals surface area contributed by atoms with Crippen LogP contribution in [0.4, 0.5) is 17.3 Å². The molecule has 1 aliphatic heterocycles. The van der Waals surface area contributed by atoms with Crippen molar-refractivity contribution in [2.75, 3.05) is 11.5 Å². The molecule has 3 aromatic rings. The molecule has 0 aliphatic carbocycles. The Morgan fingerprint density at radius 2 is 1.78 bits per heavy atom. The number of benzene rings is 2. The molecule has 0 saturated carbocycles. The van der Waals surface area contributed by atoms with Gasteiger partial charge in [-0.25, -0.2) is 15.0 Å². The average molecular weight is 360 g/mol. The van der Waals surface area contributed by atoms with Gasteiger partial charge in [-0.3, -0.25) is 0 Å². The molecular weight excluding hydrogens is 340 g/mol. The Kier molecular flexibility index (Phi) is 4.12. The summed E-state index contributed by atoms with van der Waals surface area (Å²) in [4.78, 5) is 13.1. The highest BCUT2D eigenvalue weighted by molar-refractivity contribution is 6.07. The van der Waals surface area contributed by atoms with E-state index in [-0.39, 0.29) is 5.95 Å². The van der Waals surface area contributed by atoms with Crippen molar-refractivity contribution in [3.05, 3.63) is 53.7 Å². The Bertz CT molecular complexity index is 1060. The van der Waals surface area contributed by atoms with E-state index in [1.54, 1.807) is 6.07 Å². The average Bonchev–Trinajstić information content (AvgIpc) is 2.77. The van der Waals surface area contributed by atoms with E-state index >= 15 is 0 Å². The lowest BCUT2D eigenvalue weighted by molar-refractivity contribution is 0.485. The quantitative estimate of drug-likeness (QED) is 0.615. The van der Waals surface area contributed by atoms with Crippen molar-refractivity contribution in [2.45, 2.75) is 19.8 Å². The molecule has 27 heavy (non-hydrogen) atoms. The second-order valence-corrected chi connectivity index (χ2v) is 6.36. The summed E-state index contributed by atoms with van der Waals surface area (Å²) < 4.78 is 6.07. The molecule has 0 spiro atoms. The fourth-order valence-electron chi connectivity index (χ4n) is 3.13. The van der Waals surface area contributed by atoms with E-state index < -0.39 is 0 Å². The number of anilines is 2. The number of amidine groups is 1. The first kappa shape index (κ1) is 16.8. The molecule has 7 heteroatoms. The highest BCUT2D eigenvalue weighted by Crippen LogP contribution is 2.40. The number of ether oxygens (including phenoxy) is 1. The SMILES string of the molecule is CCCc1cc(-c2cc(N)c3c(c2)Oc2ccccc2N=C3N)nc(N)n1. The lowest BCUT2D eigenvalue weighted by Gasteiger charge is -2.13. The van der Waals surface area contributed by atoms with Crippen molar-refractivity contribution in [1.29, 1.82) is 0 Å². The van der Waals surface area contributed by atoms with Gasteiger partial charge in [0.1, 0.15) is 17.3 Å². The molecule has 6 N–H and O–H groups in total. The zero-order chi connectivity index (χ0) is 19.0. The van der Waals surface area contributed by atoms with Crippen LogP contribution in [0.3, 0.4) is 0 Å². The van der Waals surface area contributed by atoms with Gasteiger partial charge in [0.2, 0.25) is 5.95 Å². The number of para-hydroxylation sites is 2. The van der Waals surface area contributed by atoms with Gasteiger partial charge < -0.3 is 21.9 Å². The third kappa shape index (κ3) is 3.15. The summed E-state index contributed by atoms with van der Waals surface area (Å²) in [7, 11) is 0. The van der Waals surface area contributed by atoms with Gasteiger partial charge in [0.15, 0.2) is 5.75 Å². The van der Waals surface area contributed by atoms with Gasteiger partial charge in [-0.15, -0.1) is 0 Å². The molecule has 136 valence electrons. The molecule has 0 saturated heterocycles. The number of hydrogen-bond acceptors (Lipinski definition) is 7. The maximum atomic E-state index is 6.29. The molecular formula is C20H20N6O. The molecule has 2 heterocycles. The summed E-state index contributed by atoms with van der Waals surface area (Å²) in [5, 5.41) is 0. The summed E-state index contributed by atoms with van der Waals surface area (Å²) in [5.74, 6) is 1.69. The first-order valence-corrected chi connectivity index (χ1v) is 8.74. The summed E-state index contributed by atoms with van der Waals surface area (Å²) in [6.45, 7) is 2.09. The fraction of sp³-hybridized carbons (Fsp3) is 0.150. The van der Waals surface area contributed by atoms with Crippen LogP contribution >= 0.6 is 0 Å². The number of rotatable bonds is 3. The molecule has 7 nitrogen and oxygen atoms in total. The molecule has 1 aromatic heterocycles. The highest BCUT2D eigenvalue weighted by atomic mass is 16.5. The molecule has 0 fully saturated rings. The van der Waals surface area contributed by atoms with Crippen molar-refractivity contribution in [1.82, 2.24) is 9.97 Å². The van der Waals surface area contributed by atoms with Crippen molar-refractivity contribution >= 4 is 23.2 Å².